The van der Waals surface area contributed by atoms with Crippen LogP contribution in [0.15, 0.2) is 42.5 Å². The van der Waals surface area contributed by atoms with E-state index in [9.17, 15) is 9.59 Å². The molecule has 0 aliphatic carbocycles. The molecule has 3 N–H and O–H groups in total. The van der Waals surface area contributed by atoms with Crippen LogP contribution in [0.4, 0.5) is 21.9 Å². The van der Waals surface area contributed by atoms with Crippen LogP contribution in [-0.2, 0) is 11.2 Å². The molecule has 0 aromatic heterocycles. The number of hydrogen-bond acceptors (Lipinski definition) is 3. The number of carbonyl (C=O) groups excluding carboxylic acids is 1. The fourth-order valence-corrected chi connectivity index (χ4v) is 3.44. The van der Waals surface area contributed by atoms with Gasteiger partial charge in [0.2, 0.25) is 0 Å². The van der Waals surface area contributed by atoms with E-state index in [-0.39, 0.29) is 12.5 Å². The summed E-state index contributed by atoms with van der Waals surface area (Å²) >= 11 is 0. The van der Waals surface area contributed by atoms with Crippen LogP contribution in [0.1, 0.15) is 59.1 Å². The van der Waals surface area contributed by atoms with Gasteiger partial charge in [0.15, 0.2) is 0 Å². The average molecular weight is 456 g/mol. The highest BCUT2D eigenvalue weighted by molar-refractivity contribution is 6.02. The maximum absolute atomic E-state index is 12.7. The molecule has 0 aliphatic heterocycles. The van der Waals surface area contributed by atoms with Crippen LogP contribution in [0.3, 0.4) is 0 Å². The number of aliphatic carboxylic acids is 1. The smallest absolute Gasteiger partial charge is 0.323 e. The number of hydrogen-bond donors (Lipinski definition) is 3. The normalized spacial score (nSPS) is 10.5. The van der Waals surface area contributed by atoms with E-state index in [0.717, 1.165) is 29.9 Å². The first-order valence-electron chi connectivity index (χ1n) is 11.9. The van der Waals surface area contributed by atoms with Gasteiger partial charge in [0, 0.05) is 25.2 Å². The lowest BCUT2D eigenvalue weighted by molar-refractivity contribution is -0.136. The van der Waals surface area contributed by atoms with Gasteiger partial charge in [-0.05, 0) is 55.0 Å². The minimum atomic E-state index is -0.836. The van der Waals surface area contributed by atoms with Crippen molar-refractivity contribution in [2.75, 3.05) is 28.6 Å². The Bertz CT molecular complexity index is 867. The minimum absolute atomic E-state index is 0.0516. The Hall–Kier alpha value is -3.02. The quantitative estimate of drug-likeness (QED) is 0.368. The number of nitrogens with one attached hydrogen (secondary N) is 2. The Morgan fingerprint density at radius 1 is 0.909 bits per heavy atom. The van der Waals surface area contributed by atoms with Gasteiger partial charge >= 0.3 is 12.0 Å². The summed E-state index contributed by atoms with van der Waals surface area (Å²) in [5.74, 6) is 0.0799. The molecule has 0 saturated carbocycles. The fraction of sp³-hybridized carbons (Fsp3) is 0.481. The van der Waals surface area contributed by atoms with Gasteiger partial charge in [-0.1, -0.05) is 65.3 Å². The molecular formula is C27H41N3O3. The van der Waals surface area contributed by atoms with Crippen LogP contribution in [0.2, 0.25) is 0 Å². The molecule has 0 unspecified atom stereocenters. The first-order valence-corrected chi connectivity index (χ1v) is 11.9. The molecule has 0 aliphatic rings. The van der Waals surface area contributed by atoms with Crippen molar-refractivity contribution < 1.29 is 14.7 Å². The zero-order valence-electron chi connectivity index (χ0n) is 21.2. The third-order valence-electron chi connectivity index (χ3n) is 4.76. The van der Waals surface area contributed by atoms with Crippen molar-refractivity contribution in [2.45, 2.75) is 61.3 Å². The van der Waals surface area contributed by atoms with Crippen LogP contribution >= 0.6 is 0 Å². The van der Waals surface area contributed by atoms with Crippen molar-refractivity contribution in [3.8, 4) is 0 Å². The topological polar surface area (TPSA) is 81.7 Å². The van der Waals surface area contributed by atoms with E-state index in [4.69, 9.17) is 5.11 Å². The van der Waals surface area contributed by atoms with Crippen molar-refractivity contribution in [3.05, 3.63) is 53.6 Å². The molecule has 2 rings (SSSR count). The first kappa shape index (κ1) is 28.0. The van der Waals surface area contributed by atoms with Gasteiger partial charge in [-0.3, -0.25) is 4.79 Å². The summed E-state index contributed by atoms with van der Waals surface area (Å²) in [6.45, 7) is 16.4. The van der Waals surface area contributed by atoms with Gasteiger partial charge in [0.1, 0.15) is 0 Å². The summed E-state index contributed by atoms with van der Waals surface area (Å²) in [6, 6.07) is 13.1. The molecule has 0 spiro atoms. The maximum Gasteiger partial charge on any atom is 0.323 e. The number of amides is 2. The summed E-state index contributed by atoms with van der Waals surface area (Å²) in [5.41, 5.74) is 4.35. The van der Waals surface area contributed by atoms with Crippen molar-refractivity contribution >= 4 is 29.1 Å². The van der Waals surface area contributed by atoms with E-state index >= 15 is 0 Å². The maximum atomic E-state index is 12.7. The molecule has 0 heterocycles. The minimum Gasteiger partial charge on any atom is -0.481 e. The Kier molecular flexibility index (Phi) is 12.0. The lowest BCUT2D eigenvalue weighted by Gasteiger charge is -2.30. The summed E-state index contributed by atoms with van der Waals surface area (Å²) in [4.78, 5) is 26.0. The number of rotatable bonds is 10. The van der Waals surface area contributed by atoms with E-state index in [1.54, 1.807) is 0 Å². The Labute approximate surface area is 199 Å². The molecule has 0 bridgehead atoms. The molecule has 0 fully saturated rings. The second-order valence-corrected chi connectivity index (χ2v) is 8.88. The third kappa shape index (κ3) is 10.4. The van der Waals surface area contributed by atoms with Crippen LogP contribution in [-0.4, -0.2) is 30.2 Å². The monoisotopic (exact) mass is 455 g/mol. The fourth-order valence-electron chi connectivity index (χ4n) is 3.44. The van der Waals surface area contributed by atoms with Crippen LogP contribution in [0.5, 0.6) is 0 Å². The molecule has 33 heavy (non-hydrogen) atoms. The highest BCUT2D eigenvalue weighted by atomic mass is 16.4. The summed E-state index contributed by atoms with van der Waals surface area (Å²) in [6.07, 6.45) is 0.467. The lowest BCUT2D eigenvalue weighted by atomic mass is 10.1. The standard InChI is InChI=1S/C25H35N3O3.C2H6/c1-17(2)15-28(16-18(3)4)23-12-8-20(9-13-24(29)30)14-22(23)27-25(31)26-21-10-6-19(5)7-11-21;1-2/h6-8,10-12,14,17-18H,9,13,15-16H2,1-5H3,(H,29,30)(H2,26,27,31);1-2H3. The van der Waals surface area contributed by atoms with Crippen molar-refractivity contribution in [1.82, 2.24) is 0 Å². The summed E-state index contributed by atoms with van der Waals surface area (Å²) in [5, 5.41) is 14.9. The van der Waals surface area contributed by atoms with E-state index < -0.39 is 5.97 Å². The van der Waals surface area contributed by atoms with Crippen molar-refractivity contribution in [2.24, 2.45) is 11.8 Å². The molecule has 0 saturated heterocycles. The van der Waals surface area contributed by atoms with Gasteiger partial charge in [0.25, 0.3) is 0 Å². The van der Waals surface area contributed by atoms with E-state index in [1.807, 2.05) is 63.2 Å². The number of carbonyl (C=O) groups is 2. The lowest BCUT2D eigenvalue weighted by Crippen LogP contribution is -2.32. The van der Waals surface area contributed by atoms with Gasteiger partial charge < -0.3 is 20.6 Å². The summed E-state index contributed by atoms with van der Waals surface area (Å²) in [7, 11) is 0. The zero-order valence-corrected chi connectivity index (χ0v) is 21.2. The number of aryl methyl sites for hydroxylation is 2. The van der Waals surface area contributed by atoms with Crippen molar-refractivity contribution in [3.63, 3.8) is 0 Å². The number of anilines is 3. The second-order valence-electron chi connectivity index (χ2n) is 8.88. The molecule has 182 valence electrons. The van der Waals surface area contributed by atoms with E-state index in [0.29, 0.717) is 29.6 Å². The molecule has 6 heteroatoms. The van der Waals surface area contributed by atoms with Crippen LogP contribution in [0.25, 0.3) is 0 Å². The molecular weight excluding hydrogens is 414 g/mol. The Morgan fingerprint density at radius 2 is 1.48 bits per heavy atom. The predicted octanol–water partition coefficient (Wildman–Crippen LogP) is 6.80. The molecule has 2 amide bonds. The SMILES string of the molecule is CC.Cc1ccc(NC(=O)Nc2cc(CCC(=O)O)ccc2N(CC(C)C)CC(C)C)cc1. The Balaban J connectivity index is 0.00000265. The van der Waals surface area contributed by atoms with Gasteiger partial charge in [0.05, 0.1) is 11.4 Å². The molecule has 6 nitrogen and oxygen atoms in total. The summed E-state index contributed by atoms with van der Waals surface area (Å²) < 4.78 is 0. The average Bonchev–Trinajstić information content (AvgIpc) is 2.74. The van der Waals surface area contributed by atoms with E-state index in [1.165, 1.54) is 0 Å². The third-order valence-corrected chi connectivity index (χ3v) is 4.76. The van der Waals surface area contributed by atoms with Gasteiger partial charge in [-0.15, -0.1) is 0 Å². The van der Waals surface area contributed by atoms with Crippen LogP contribution < -0.4 is 15.5 Å². The second kappa shape index (κ2) is 14.2. The molecule has 0 atom stereocenters. The van der Waals surface area contributed by atoms with Crippen LogP contribution in [0, 0.1) is 18.8 Å². The number of benzene rings is 2. The predicted molar refractivity (Wildman–Crippen MR) is 139 cm³/mol. The Morgan fingerprint density at radius 3 is 2.00 bits per heavy atom. The number of nitrogens with zero attached hydrogens (tertiary/aromatic N) is 1. The molecule has 0 radical (unpaired) electrons. The zero-order chi connectivity index (χ0) is 25.0. The number of carboxylic acids is 1. The first-order chi connectivity index (χ1) is 15.6. The number of urea groups is 1. The molecule has 2 aromatic rings. The van der Waals surface area contributed by atoms with E-state index in [2.05, 4.69) is 43.2 Å². The largest absolute Gasteiger partial charge is 0.481 e. The highest BCUT2D eigenvalue weighted by Crippen LogP contribution is 2.30. The number of carboxylic acid groups (broad SMARTS) is 1. The molecule has 2 aromatic carbocycles. The van der Waals surface area contributed by atoms with Gasteiger partial charge in [-0.25, -0.2) is 4.79 Å². The van der Waals surface area contributed by atoms with Gasteiger partial charge in [-0.2, -0.15) is 0 Å². The van der Waals surface area contributed by atoms with Crippen molar-refractivity contribution in [1.29, 1.82) is 0 Å². The highest BCUT2D eigenvalue weighted by Gasteiger charge is 2.17.